The van der Waals surface area contributed by atoms with Crippen molar-refractivity contribution in [2.75, 3.05) is 12.8 Å². The maximum absolute atomic E-state index is 14.5. The van der Waals surface area contributed by atoms with Crippen molar-refractivity contribution in [2.45, 2.75) is 233 Å². The van der Waals surface area contributed by atoms with Gasteiger partial charge in [-0.05, 0) is 142 Å². The highest BCUT2D eigenvalue weighted by Gasteiger charge is 2.43. The second kappa shape index (κ2) is 40.7. The van der Waals surface area contributed by atoms with Gasteiger partial charge in [0.1, 0.15) is 68.6 Å². The highest BCUT2D eigenvalue weighted by Crippen LogP contribution is 2.49. The lowest BCUT2D eigenvalue weighted by Crippen LogP contribution is -2.23. The van der Waals surface area contributed by atoms with Crippen molar-refractivity contribution in [3.63, 3.8) is 0 Å². The summed E-state index contributed by atoms with van der Waals surface area (Å²) in [5.74, 6) is -13.1. The first-order valence-corrected chi connectivity index (χ1v) is 45.6. The van der Waals surface area contributed by atoms with Gasteiger partial charge in [0.25, 0.3) is 0 Å². The molecule has 5 aliphatic rings. The van der Waals surface area contributed by atoms with Gasteiger partial charge in [-0.15, -0.1) is 0 Å². The van der Waals surface area contributed by atoms with Crippen LogP contribution in [0.25, 0.3) is 71.4 Å². The van der Waals surface area contributed by atoms with E-state index in [1.54, 1.807) is 62.1 Å². The van der Waals surface area contributed by atoms with Gasteiger partial charge in [0.15, 0.2) is 40.2 Å². The van der Waals surface area contributed by atoms with E-state index in [4.69, 9.17) is 37.0 Å². The number of aromatic nitrogens is 9. The summed E-state index contributed by atoms with van der Waals surface area (Å²) in [4.78, 5) is 155. The highest BCUT2D eigenvalue weighted by molar-refractivity contribution is 6.36. The van der Waals surface area contributed by atoms with Crippen molar-refractivity contribution in [2.24, 2.45) is 0 Å². The van der Waals surface area contributed by atoms with Crippen LogP contribution in [0.15, 0.2) is 121 Å². The van der Waals surface area contributed by atoms with E-state index in [1.165, 1.54) is 56.3 Å². The molecule has 0 radical (unpaired) electrons. The van der Waals surface area contributed by atoms with Gasteiger partial charge in [-0.2, -0.15) is 27.2 Å². The molecule has 5 fully saturated rings. The van der Waals surface area contributed by atoms with Crippen LogP contribution >= 0.6 is 11.6 Å². The lowest BCUT2D eigenvalue weighted by atomic mass is 9.92. The fraction of sp³-hybridized carbons (Fsp3) is 0.366. The average molecular weight is 1990 g/mol. The molecular formula is C101H96ClF10N11O19. The Hall–Kier alpha value is -14.9. The number of nitrogens with zero attached hydrogens (tertiary/aromatic N) is 10. The molecule has 0 spiro atoms. The largest absolute Gasteiger partial charge is 0.494 e. The van der Waals surface area contributed by atoms with E-state index in [9.17, 15) is 122 Å². The number of ketones is 1. The number of ether oxygens (including phenoxy) is 2. The van der Waals surface area contributed by atoms with Gasteiger partial charge in [0.05, 0.1) is 88.7 Å². The molecule has 8 heterocycles. The van der Waals surface area contributed by atoms with Crippen LogP contribution in [0.3, 0.4) is 0 Å². The number of carbonyl (C=O) groups is 6. The number of nitrogens with two attached hydrogens (primary N) is 1. The Morgan fingerprint density at radius 2 is 0.803 bits per heavy atom. The summed E-state index contributed by atoms with van der Waals surface area (Å²) in [6.07, 6.45) is 12.5. The first-order chi connectivity index (χ1) is 66.7. The third kappa shape index (κ3) is 20.7. The summed E-state index contributed by atoms with van der Waals surface area (Å²) in [7, 11) is 1.59. The Labute approximate surface area is 804 Å². The molecule has 5 aliphatic carbocycles. The first kappa shape index (κ1) is 104. The van der Waals surface area contributed by atoms with Crippen molar-refractivity contribution in [3.8, 4) is 23.4 Å². The number of pyridine rings is 7. The minimum atomic E-state index is -4.88. The average Bonchev–Trinajstić information content (AvgIpc) is 1.71. The lowest BCUT2D eigenvalue weighted by Gasteiger charge is -2.22. The van der Waals surface area contributed by atoms with Crippen LogP contribution in [0.1, 0.15) is 327 Å². The Morgan fingerprint density at radius 3 is 1.20 bits per heavy atom. The third-order valence-electron chi connectivity index (χ3n) is 24.7. The molecule has 746 valence electrons. The van der Waals surface area contributed by atoms with Crippen LogP contribution in [0.2, 0.25) is 5.02 Å². The van der Waals surface area contributed by atoms with E-state index in [1.807, 2.05) is 49.0 Å². The van der Waals surface area contributed by atoms with E-state index < -0.39 is 172 Å². The highest BCUT2D eigenvalue weighted by atomic mass is 35.5. The van der Waals surface area contributed by atoms with Gasteiger partial charge < -0.3 is 63.6 Å². The topological polar surface area (TPSA) is 443 Å². The fourth-order valence-corrected chi connectivity index (χ4v) is 17.6. The second-order valence-corrected chi connectivity index (χ2v) is 37.3. The molecule has 0 aliphatic heterocycles. The number of methoxy groups -OCH3 is 1. The molecule has 8 aromatic heterocycles. The van der Waals surface area contributed by atoms with Crippen molar-refractivity contribution in [1.82, 2.24) is 42.4 Å². The van der Waals surface area contributed by atoms with Crippen LogP contribution in [-0.4, -0.2) is 117 Å². The number of aromatic carboxylic acids is 5. The molecule has 5 aromatic carbocycles. The minimum absolute atomic E-state index is 0.0385. The van der Waals surface area contributed by atoms with Crippen molar-refractivity contribution < 1.29 is 108 Å². The number of carbonyl (C=O) groups excluding carboxylic acids is 1. The maximum Gasteiger partial charge on any atom is 0.418 e. The molecule has 13 aromatic rings. The van der Waals surface area contributed by atoms with Crippen molar-refractivity contribution >= 4 is 119 Å². The number of anilines is 1. The summed E-state index contributed by atoms with van der Waals surface area (Å²) >= 11 is 6.32. The summed E-state index contributed by atoms with van der Waals surface area (Å²) in [6.45, 7) is 19.9. The van der Waals surface area contributed by atoms with Gasteiger partial charge in [-0.3, -0.25) is 38.1 Å². The van der Waals surface area contributed by atoms with Crippen molar-refractivity contribution in [3.05, 3.63) is 266 Å². The number of rotatable bonds is 21. The van der Waals surface area contributed by atoms with E-state index in [0.717, 1.165) is 92.1 Å². The molecule has 18 rings (SSSR count). The summed E-state index contributed by atoms with van der Waals surface area (Å²) in [5, 5.41) is 55.4. The number of nitriles is 1. The molecular weight excluding hydrogens is 1900 g/mol. The van der Waals surface area contributed by atoms with Crippen LogP contribution in [0, 0.1) is 40.4 Å². The lowest BCUT2D eigenvalue weighted by molar-refractivity contribution is -0.137. The molecule has 7 N–H and O–H groups in total. The Kier molecular flexibility index (Phi) is 30.0. The summed E-state index contributed by atoms with van der Waals surface area (Å²) < 4.78 is 158. The van der Waals surface area contributed by atoms with E-state index in [0.29, 0.717) is 63.6 Å². The quantitative estimate of drug-likeness (QED) is 0.0287. The molecule has 0 amide bonds. The smallest absolute Gasteiger partial charge is 0.418 e. The standard InChI is InChI=1S/C18H13ClF3N3O3.C18H19F2NO3.C17H15F4NO3.C17H15FN2O3.C17H19NO4.C14H15N3O3/c1-6(2)12-9(20)3-7-14(13(12)19)25(5-8(15(7)26)18(27)28)17-11(22)4-10(21)16(23)24-17;1-9(2)12-6-7-13-15(17(12)24-18(19)20)21(11-4-5-11)8-14(10(3)22)16(13)23;1-7(2)12-11(18)5-9-14(13(12)17(19,20)21)22(8-3-4-8)6-10(15(9)23)16(24)25;1-8(2)14-11(6-19)15-10(5-13(14)18)16(21)12(17(22)23)7-20(15)9-3-4-9;1-9(2)11-6-7-12-14(16(11)22-3)18(10-4-5-10)8-13(15(12)19)17(20)21;1-7(2)12-15-5-9-11(18)10(14(19)20)6-17(8-3-4-8)13(9)16-12/h3-6H,1-2H3,(H2,23,24)(H,27,28);6-9,11,18H,4-5H2,1-3H3;5-8H,3-4H2,1-2H3,(H,24,25);5,7-9H,3-4H2,1-2H3,(H,22,23);6-10H,4-5H2,1-3H3,(H,20,21);5-8H,3-4H2,1-2H3,(H,19,20). The number of hydrogen-bond donors (Lipinski definition) is 6. The Bertz CT molecular complexity index is 7890. The SMILES string of the molecule is CC(=O)c1cn(C2CC2)c2c(OC(F)F)c(C(C)C)ccc2c1=O.CC(C)c1c(F)cc2c(=O)c(C(=O)O)cn(-c3nc(N)c(F)cc3F)c2c1Cl.CC(C)c1c(F)cc2c(=O)c(C(=O)O)cn(C3CC3)c2c1C#N.CC(C)c1c(F)cc2c(=O)c(C(=O)O)cn(C3CC3)c2c1C(F)(F)F.CC(C)c1ncc2c(=O)c(C(=O)O)cn(C3CC3)c2n1.COc1c(C(C)C)ccc2c(=O)c(C(=O)O)cn(C3CC3)c12. The number of nitrogen functional groups attached to an aromatic ring is 1. The number of fused-ring (bicyclic) bond motifs is 6. The van der Waals surface area contributed by atoms with Gasteiger partial charge >= 0.3 is 42.6 Å². The second-order valence-electron chi connectivity index (χ2n) is 37.0. The van der Waals surface area contributed by atoms with Crippen LogP contribution in [0.4, 0.5) is 49.7 Å². The summed E-state index contributed by atoms with van der Waals surface area (Å²) in [6, 6.07) is 12.3. The van der Waals surface area contributed by atoms with Crippen LogP contribution in [0.5, 0.6) is 11.5 Å². The predicted molar refractivity (Wildman–Crippen MR) is 507 cm³/mol. The van der Waals surface area contributed by atoms with Crippen LogP contribution in [-0.2, 0) is 6.18 Å². The zero-order chi connectivity index (χ0) is 105. The van der Waals surface area contributed by atoms with Gasteiger partial charge in [-0.25, -0.2) is 60.9 Å². The molecule has 41 heteroatoms. The normalized spacial score (nSPS) is 14.0. The molecule has 0 atom stereocenters. The maximum atomic E-state index is 14.5. The number of benzene rings is 5. The molecule has 5 saturated carbocycles. The summed E-state index contributed by atoms with van der Waals surface area (Å²) in [5.41, 5.74) is 0.672. The van der Waals surface area contributed by atoms with Gasteiger partial charge in [0, 0.05) is 102 Å². The van der Waals surface area contributed by atoms with E-state index in [2.05, 4.69) is 28.8 Å². The molecule has 0 saturated heterocycles. The Morgan fingerprint density at radius 1 is 0.444 bits per heavy atom. The van der Waals surface area contributed by atoms with Gasteiger partial charge in [0.2, 0.25) is 27.1 Å². The number of alkyl halides is 5. The number of carboxylic acids is 5. The van der Waals surface area contributed by atoms with Crippen molar-refractivity contribution in [1.29, 1.82) is 5.26 Å². The zero-order valence-electron chi connectivity index (χ0n) is 78.8. The first-order valence-electron chi connectivity index (χ1n) is 45.2. The predicted octanol–water partition coefficient (Wildman–Crippen LogP) is 20.7. The monoisotopic (exact) mass is 1990 g/mol. The Balaban J connectivity index is 0.000000144. The minimum Gasteiger partial charge on any atom is -0.494 e. The molecule has 0 bridgehead atoms. The zero-order valence-corrected chi connectivity index (χ0v) is 79.6. The van der Waals surface area contributed by atoms with E-state index in [-0.39, 0.29) is 125 Å². The third-order valence-corrected chi connectivity index (χ3v) is 25.1. The molecule has 0 unspecified atom stereocenters. The van der Waals surface area contributed by atoms with Gasteiger partial charge in [-0.1, -0.05) is 107 Å². The number of Topliss-reactive ketones (excluding diaryl/α,β-unsaturated/α-hetero) is 1. The number of hydrogen-bond acceptors (Lipinski definition) is 19. The molecule has 30 nitrogen and oxygen atoms in total. The molecule has 142 heavy (non-hydrogen) atoms. The number of halogens is 11. The number of carboxylic acid groups (broad SMARTS) is 5. The fourth-order valence-electron chi connectivity index (χ4n) is 17.1. The van der Waals surface area contributed by atoms with Crippen LogP contribution < -0.4 is 47.8 Å². The van der Waals surface area contributed by atoms with E-state index >= 15 is 0 Å².